The van der Waals surface area contributed by atoms with Gasteiger partial charge in [-0.2, -0.15) is 0 Å². The molecule has 0 bridgehead atoms. The molecule has 1 atom stereocenters. The zero-order chi connectivity index (χ0) is 22.0. The molecule has 1 amide bonds. The van der Waals surface area contributed by atoms with Crippen LogP contribution >= 0.6 is 11.6 Å². The first kappa shape index (κ1) is 21.0. The fourth-order valence-corrected chi connectivity index (χ4v) is 5.01. The minimum absolute atomic E-state index is 0.132. The molecule has 3 aromatic rings. The number of para-hydroxylation sites is 2. The summed E-state index contributed by atoms with van der Waals surface area (Å²) in [5.41, 5.74) is 0.818. The van der Waals surface area contributed by atoms with Crippen LogP contribution in [0, 0.1) is 0 Å². The molecule has 1 unspecified atom stereocenters. The number of hydrogen-bond acceptors (Lipinski definition) is 5. The summed E-state index contributed by atoms with van der Waals surface area (Å²) in [5.74, 6) is 0.285. The molecule has 9 heteroatoms. The molecule has 0 saturated heterocycles. The number of ether oxygens (including phenoxy) is 2. The van der Waals surface area contributed by atoms with Gasteiger partial charge in [-0.25, -0.2) is 8.42 Å². The summed E-state index contributed by atoms with van der Waals surface area (Å²) >= 11 is 6.12. The molecule has 0 aromatic heterocycles. The zero-order valence-electron chi connectivity index (χ0n) is 16.5. The third kappa shape index (κ3) is 4.17. The van der Waals surface area contributed by atoms with Gasteiger partial charge >= 0.3 is 0 Å². The number of nitrogens with one attached hydrogen (secondary N) is 1. The van der Waals surface area contributed by atoms with Crippen LogP contribution in [-0.2, 0) is 14.8 Å². The van der Waals surface area contributed by atoms with Crippen molar-refractivity contribution < 1.29 is 22.7 Å². The van der Waals surface area contributed by atoms with Gasteiger partial charge in [0, 0.05) is 5.69 Å². The van der Waals surface area contributed by atoms with E-state index in [1.165, 1.54) is 23.5 Å². The van der Waals surface area contributed by atoms with Crippen molar-refractivity contribution in [1.29, 1.82) is 0 Å². The van der Waals surface area contributed by atoms with Crippen LogP contribution in [0.15, 0.2) is 77.7 Å². The monoisotopic (exact) mass is 458 g/mol. The summed E-state index contributed by atoms with van der Waals surface area (Å²) in [5, 5.41) is 3.06. The van der Waals surface area contributed by atoms with Crippen molar-refractivity contribution in [2.75, 3.05) is 23.3 Å². The van der Waals surface area contributed by atoms with Crippen molar-refractivity contribution >= 4 is 38.9 Å². The van der Waals surface area contributed by atoms with E-state index in [0.717, 1.165) is 0 Å². The summed E-state index contributed by atoms with van der Waals surface area (Å²) < 4.78 is 38.7. The third-order valence-electron chi connectivity index (χ3n) is 4.78. The Bertz CT molecular complexity index is 1220. The molecule has 3 aromatic carbocycles. The first-order chi connectivity index (χ1) is 14.9. The molecular weight excluding hydrogens is 440 g/mol. The van der Waals surface area contributed by atoms with E-state index >= 15 is 0 Å². The Morgan fingerprint density at radius 2 is 1.81 bits per heavy atom. The smallest absolute Gasteiger partial charge is 0.267 e. The molecule has 160 valence electrons. The molecule has 7 nitrogen and oxygen atoms in total. The van der Waals surface area contributed by atoms with E-state index in [4.69, 9.17) is 21.1 Å². The average molecular weight is 459 g/mol. The molecule has 0 aliphatic carbocycles. The summed E-state index contributed by atoms with van der Waals surface area (Å²) in [6.07, 6.45) is -1.06. The van der Waals surface area contributed by atoms with Crippen molar-refractivity contribution in [3.05, 3.63) is 77.8 Å². The van der Waals surface area contributed by atoms with Crippen molar-refractivity contribution in [3.63, 3.8) is 0 Å². The minimum atomic E-state index is -3.89. The van der Waals surface area contributed by atoms with E-state index in [0.29, 0.717) is 27.9 Å². The highest BCUT2D eigenvalue weighted by Crippen LogP contribution is 2.37. The molecule has 0 fully saturated rings. The average Bonchev–Trinajstić information content (AvgIpc) is 2.79. The third-order valence-corrected chi connectivity index (χ3v) is 6.87. The highest BCUT2D eigenvalue weighted by Gasteiger charge is 2.37. The van der Waals surface area contributed by atoms with Crippen LogP contribution in [0.5, 0.6) is 11.5 Å². The number of halogens is 1. The standard InChI is InChI=1S/C22H19ClN2O5S/c1-29-19-12-11-15(13-17(19)23)24-22(26)21-14-25(18-9-5-6-10-20(18)30-21)31(27,28)16-7-3-2-4-8-16/h2-13,21H,14H2,1H3,(H,24,26). The summed E-state index contributed by atoms with van der Waals surface area (Å²) in [7, 11) is -2.40. The van der Waals surface area contributed by atoms with Crippen molar-refractivity contribution in [2.24, 2.45) is 0 Å². The van der Waals surface area contributed by atoms with Gasteiger partial charge in [-0.3, -0.25) is 9.10 Å². The molecular formula is C22H19ClN2O5S. The second kappa shape index (κ2) is 8.49. The predicted molar refractivity (Wildman–Crippen MR) is 118 cm³/mol. The number of fused-ring (bicyclic) bond motifs is 1. The topological polar surface area (TPSA) is 84.9 Å². The van der Waals surface area contributed by atoms with Gasteiger partial charge in [0.05, 0.1) is 29.3 Å². The largest absolute Gasteiger partial charge is 0.495 e. The lowest BCUT2D eigenvalue weighted by Crippen LogP contribution is -2.48. The van der Waals surface area contributed by atoms with Crippen LogP contribution in [0.4, 0.5) is 11.4 Å². The van der Waals surface area contributed by atoms with E-state index < -0.39 is 22.0 Å². The lowest BCUT2D eigenvalue weighted by atomic mass is 10.2. The molecule has 31 heavy (non-hydrogen) atoms. The van der Waals surface area contributed by atoms with E-state index in [1.54, 1.807) is 60.7 Å². The quantitative estimate of drug-likeness (QED) is 0.626. The van der Waals surface area contributed by atoms with E-state index in [1.807, 2.05) is 0 Å². The molecule has 0 saturated carbocycles. The van der Waals surface area contributed by atoms with Gasteiger partial charge in [-0.1, -0.05) is 41.9 Å². The van der Waals surface area contributed by atoms with Crippen LogP contribution in [0.3, 0.4) is 0 Å². The van der Waals surface area contributed by atoms with Gasteiger partial charge in [0.1, 0.15) is 11.5 Å². The van der Waals surface area contributed by atoms with E-state index in [2.05, 4.69) is 5.32 Å². The van der Waals surface area contributed by atoms with Crippen LogP contribution in [0.25, 0.3) is 0 Å². The van der Waals surface area contributed by atoms with Crippen LogP contribution < -0.4 is 19.1 Å². The molecule has 0 spiro atoms. The Balaban J connectivity index is 1.64. The van der Waals surface area contributed by atoms with Crippen molar-refractivity contribution in [2.45, 2.75) is 11.0 Å². The fraction of sp³-hybridized carbons (Fsp3) is 0.136. The summed E-state index contributed by atoms with van der Waals surface area (Å²) in [6, 6.07) is 19.6. The fourth-order valence-electron chi connectivity index (χ4n) is 3.25. The number of nitrogens with zero attached hydrogens (tertiary/aromatic N) is 1. The first-order valence-electron chi connectivity index (χ1n) is 9.38. The van der Waals surface area contributed by atoms with Gasteiger partial charge in [-0.05, 0) is 42.5 Å². The van der Waals surface area contributed by atoms with Gasteiger partial charge in [-0.15, -0.1) is 0 Å². The maximum atomic E-state index is 13.3. The van der Waals surface area contributed by atoms with Crippen LogP contribution in [-0.4, -0.2) is 34.1 Å². The van der Waals surface area contributed by atoms with Gasteiger partial charge < -0.3 is 14.8 Å². The zero-order valence-corrected chi connectivity index (χ0v) is 18.1. The molecule has 1 aliphatic heterocycles. The molecule has 4 rings (SSSR count). The van der Waals surface area contributed by atoms with Gasteiger partial charge in [0.2, 0.25) is 0 Å². The maximum Gasteiger partial charge on any atom is 0.267 e. The van der Waals surface area contributed by atoms with Gasteiger partial charge in [0.25, 0.3) is 15.9 Å². The lowest BCUT2D eigenvalue weighted by Gasteiger charge is -2.34. The highest BCUT2D eigenvalue weighted by molar-refractivity contribution is 7.92. The predicted octanol–water partition coefficient (Wildman–Crippen LogP) is 3.94. The Kier molecular flexibility index (Phi) is 5.75. The Morgan fingerprint density at radius 1 is 1.10 bits per heavy atom. The maximum absolute atomic E-state index is 13.3. The second-order valence-electron chi connectivity index (χ2n) is 6.76. The number of amides is 1. The number of carbonyl (C=O) groups is 1. The Labute approximate surface area is 185 Å². The number of rotatable bonds is 5. The SMILES string of the molecule is COc1ccc(NC(=O)C2CN(S(=O)(=O)c3ccccc3)c3ccccc3O2)cc1Cl. The van der Waals surface area contributed by atoms with Crippen molar-refractivity contribution in [3.8, 4) is 11.5 Å². The number of carbonyl (C=O) groups excluding carboxylic acids is 1. The first-order valence-corrected chi connectivity index (χ1v) is 11.2. The number of benzene rings is 3. The number of sulfonamides is 1. The van der Waals surface area contributed by atoms with Crippen LogP contribution in [0.1, 0.15) is 0 Å². The van der Waals surface area contributed by atoms with Crippen molar-refractivity contribution in [1.82, 2.24) is 0 Å². The highest BCUT2D eigenvalue weighted by atomic mass is 35.5. The number of hydrogen-bond donors (Lipinski definition) is 1. The Morgan fingerprint density at radius 3 is 2.52 bits per heavy atom. The number of anilines is 2. The summed E-state index contributed by atoms with van der Waals surface area (Å²) in [6.45, 7) is -0.177. The molecule has 1 N–H and O–H groups in total. The second-order valence-corrected chi connectivity index (χ2v) is 9.03. The summed E-state index contributed by atoms with van der Waals surface area (Å²) in [4.78, 5) is 13.1. The lowest BCUT2D eigenvalue weighted by molar-refractivity contribution is -0.122. The normalized spacial score (nSPS) is 15.5. The molecule has 1 heterocycles. The van der Waals surface area contributed by atoms with Gasteiger partial charge in [0.15, 0.2) is 6.10 Å². The number of methoxy groups -OCH3 is 1. The van der Waals surface area contributed by atoms with E-state index in [9.17, 15) is 13.2 Å². The Hall–Kier alpha value is -3.23. The van der Waals surface area contributed by atoms with E-state index in [-0.39, 0.29) is 11.4 Å². The minimum Gasteiger partial charge on any atom is -0.495 e. The molecule has 0 radical (unpaired) electrons. The molecule has 1 aliphatic rings. The van der Waals surface area contributed by atoms with Crippen LogP contribution in [0.2, 0.25) is 5.02 Å².